The molecule has 2 aromatic rings. The number of thiazole rings is 1. The Morgan fingerprint density at radius 2 is 2.19 bits per heavy atom. The van der Waals surface area contributed by atoms with Gasteiger partial charge in [-0.1, -0.05) is 47.0 Å². The van der Waals surface area contributed by atoms with Crippen molar-refractivity contribution >= 4 is 48.5 Å². The minimum absolute atomic E-state index is 0.0456. The standard InChI is InChI=1S/C19H27BrN2O3S/c1-5-6-7-14(20)17(23)22-18-21-15-9-8-13(12-16(15)26-18)25-11-10-19(2,3)24-4/h8-9,12,14H,5-7,10-11H2,1-4H3,(H,21,22,23)/t14-/m0/s1. The zero-order valence-corrected chi connectivity index (χ0v) is 18.2. The van der Waals surface area contributed by atoms with Crippen LogP contribution in [0.2, 0.25) is 0 Å². The maximum Gasteiger partial charge on any atom is 0.239 e. The van der Waals surface area contributed by atoms with E-state index in [4.69, 9.17) is 9.47 Å². The van der Waals surface area contributed by atoms with E-state index in [0.717, 1.165) is 41.6 Å². The molecule has 144 valence electrons. The van der Waals surface area contributed by atoms with Crippen molar-refractivity contribution in [2.75, 3.05) is 19.0 Å². The number of unbranched alkanes of at least 4 members (excludes halogenated alkanes) is 1. The van der Waals surface area contributed by atoms with Crippen LogP contribution in [0, 0.1) is 0 Å². The highest BCUT2D eigenvalue weighted by molar-refractivity contribution is 9.10. The molecule has 0 spiro atoms. The fourth-order valence-corrected chi connectivity index (χ4v) is 3.60. The zero-order valence-electron chi connectivity index (χ0n) is 15.8. The minimum atomic E-state index is -0.198. The zero-order chi connectivity index (χ0) is 19.2. The van der Waals surface area contributed by atoms with E-state index in [1.54, 1.807) is 7.11 Å². The van der Waals surface area contributed by atoms with Crippen molar-refractivity contribution in [1.82, 2.24) is 4.98 Å². The summed E-state index contributed by atoms with van der Waals surface area (Å²) < 4.78 is 12.2. The summed E-state index contributed by atoms with van der Waals surface area (Å²) >= 11 is 4.90. The topological polar surface area (TPSA) is 60.5 Å². The van der Waals surface area contributed by atoms with Crippen molar-refractivity contribution in [3.63, 3.8) is 0 Å². The molecule has 26 heavy (non-hydrogen) atoms. The average molecular weight is 443 g/mol. The van der Waals surface area contributed by atoms with Crippen LogP contribution < -0.4 is 10.1 Å². The van der Waals surface area contributed by atoms with Crippen molar-refractivity contribution in [2.24, 2.45) is 0 Å². The molecule has 0 unspecified atom stereocenters. The molecule has 1 aromatic heterocycles. The normalized spacial score (nSPS) is 13.0. The number of carbonyl (C=O) groups is 1. The van der Waals surface area contributed by atoms with E-state index in [1.165, 1.54) is 11.3 Å². The van der Waals surface area contributed by atoms with Gasteiger partial charge < -0.3 is 14.8 Å². The number of hydrogen-bond donors (Lipinski definition) is 1. The highest BCUT2D eigenvalue weighted by Gasteiger charge is 2.17. The van der Waals surface area contributed by atoms with Gasteiger partial charge in [-0.25, -0.2) is 4.98 Å². The SMILES string of the molecule is CCCC[C@H](Br)C(=O)Nc1nc2ccc(OCCC(C)(C)OC)cc2s1. The lowest BCUT2D eigenvalue weighted by Gasteiger charge is -2.22. The van der Waals surface area contributed by atoms with Crippen LogP contribution in [-0.2, 0) is 9.53 Å². The Morgan fingerprint density at radius 1 is 1.42 bits per heavy atom. The number of fused-ring (bicyclic) bond motifs is 1. The number of nitrogens with zero attached hydrogens (tertiary/aromatic N) is 1. The maximum absolute atomic E-state index is 12.2. The number of halogens is 1. The average Bonchev–Trinajstić information content (AvgIpc) is 3.00. The fraction of sp³-hybridized carbons (Fsp3) is 0.579. The van der Waals surface area contributed by atoms with Gasteiger partial charge in [0.25, 0.3) is 0 Å². The lowest BCUT2D eigenvalue weighted by Crippen LogP contribution is -2.25. The van der Waals surface area contributed by atoms with Crippen molar-refractivity contribution in [3.8, 4) is 5.75 Å². The highest BCUT2D eigenvalue weighted by atomic mass is 79.9. The summed E-state index contributed by atoms with van der Waals surface area (Å²) in [6, 6.07) is 5.79. The number of alkyl halides is 1. The highest BCUT2D eigenvalue weighted by Crippen LogP contribution is 2.30. The number of hydrogen-bond acceptors (Lipinski definition) is 5. The molecule has 0 aliphatic carbocycles. The first kappa shape index (κ1) is 21.1. The number of ether oxygens (including phenoxy) is 2. The first-order valence-corrected chi connectivity index (χ1v) is 10.6. The van der Waals surface area contributed by atoms with Crippen LogP contribution in [0.4, 0.5) is 5.13 Å². The number of carbonyl (C=O) groups excluding carboxylic acids is 1. The van der Waals surface area contributed by atoms with Gasteiger partial charge in [-0.3, -0.25) is 4.79 Å². The number of rotatable bonds is 10. The van der Waals surface area contributed by atoms with E-state index < -0.39 is 0 Å². The Kier molecular flexibility index (Phi) is 7.85. The summed E-state index contributed by atoms with van der Waals surface area (Å²) in [5.74, 6) is 0.753. The molecule has 1 heterocycles. The van der Waals surface area contributed by atoms with E-state index in [0.29, 0.717) is 11.7 Å². The molecule has 0 aliphatic rings. The monoisotopic (exact) mass is 442 g/mol. The third kappa shape index (κ3) is 6.21. The summed E-state index contributed by atoms with van der Waals surface area (Å²) in [6.45, 7) is 6.77. The predicted molar refractivity (Wildman–Crippen MR) is 112 cm³/mol. The number of amides is 1. The van der Waals surface area contributed by atoms with Gasteiger partial charge in [0.1, 0.15) is 5.75 Å². The van der Waals surface area contributed by atoms with Crippen LogP contribution in [0.25, 0.3) is 10.2 Å². The Balaban J connectivity index is 1.97. The molecular weight excluding hydrogens is 416 g/mol. The molecular formula is C19H27BrN2O3S. The van der Waals surface area contributed by atoms with Crippen LogP contribution in [0.5, 0.6) is 5.75 Å². The number of aromatic nitrogens is 1. The predicted octanol–water partition coefficient (Wildman–Crippen LogP) is 5.38. The Bertz CT molecular complexity index is 733. The maximum atomic E-state index is 12.2. The van der Waals surface area contributed by atoms with E-state index in [-0.39, 0.29) is 16.3 Å². The summed E-state index contributed by atoms with van der Waals surface area (Å²) in [5, 5.41) is 3.51. The third-order valence-electron chi connectivity index (χ3n) is 4.21. The molecule has 0 saturated carbocycles. The van der Waals surface area contributed by atoms with Gasteiger partial charge in [-0.05, 0) is 38.5 Å². The summed E-state index contributed by atoms with van der Waals surface area (Å²) in [6.07, 6.45) is 3.71. The lowest BCUT2D eigenvalue weighted by atomic mass is 10.1. The molecule has 0 bridgehead atoms. The molecule has 5 nitrogen and oxygen atoms in total. The molecule has 1 N–H and O–H groups in total. The van der Waals surface area contributed by atoms with Crippen molar-refractivity contribution in [2.45, 2.75) is 56.9 Å². The van der Waals surface area contributed by atoms with Crippen LogP contribution in [-0.4, -0.2) is 35.0 Å². The summed E-state index contributed by atoms with van der Waals surface area (Å²) in [5.41, 5.74) is 0.658. The van der Waals surface area contributed by atoms with E-state index in [1.807, 2.05) is 32.0 Å². The number of benzene rings is 1. The second-order valence-electron chi connectivity index (χ2n) is 6.81. The van der Waals surface area contributed by atoms with Gasteiger partial charge in [0.15, 0.2) is 5.13 Å². The Hall–Kier alpha value is -1.18. The first-order valence-electron chi connectivity index (χ1n) is 8.88. The van der Waals surface area contributed by atoms with E-state index in [9.17, 15) is 4.79 Å². The molecule has 7 heteroatoms. The van der Waals surface area contributed by atoms with Crippen molar-refractivity contribution in [3.05, 3.63) is 18.2 Å². The van der Waals surface area contributed by atoms with Gasteiger partial charge in [-0.15, -0.1) is 0 Å². The van der Waals surface area contributed by atoms with Gasteiger partial charge >= 0.3 is 0 Å². The molecule has 0 fully saturated rings. The number of nitrogens with one attached hydrogen (secondary N) is 1. The molecule has 1 atom stereocenters. The lowest BCUT2D eigenvalue weighted by molar-refractivity contribution is -0.115. The second kappa shape index (κ2) is 9.67. The number of methoxy groups -OCH3 is 1. The van der Waals surface area contributed by atoms with Gasteiger partial charge in [0, 0.05) is 13.5 Å². The van der Waals surface area contributed by atoms with E-state index in [2.05, 4.69) is 33.2 Å². The number of anilines is 1. The molecule has 0 aliphatic heterocycles. The van der Waals surface area contributed by atoms with Crippen LogP contribution >= 0.6 is 27.3 Å². The summed E-state index contributed by atoms with van der Waals surface area (Å²) in [7, 11) is 1.71. The van der Waals surface area contributed by atoms with Gasteiger partial charge in [0.2, 0.25) is 5.91 Å². The quantitative estimate of drug-likeness (QED) is 0.501. The van der Waals surface area contributed by atoms with Crippen LogP contribution in [0.1, 0.15) is 46.5 Å². The Labute approximate surface area is 167 Å². The molecule has 0 saturated heterocycles. The molecule has 0 radical (unpaired) electrons. The third-order valence-corrected chi connectivity index (χ3v) is 6.02. The van der Waals surface area contributed by atoms with E-state index >= 15 is 0 Å². The first-order chi connectivity index (χ1) is 12.3. The largest absolute Gasteiger partial charge is 0.493 e. The molecule has 1 aromatic carbocycles. The Morgan fingerprint density at radius 3 is 2.88 bits per heavy atom. The van der Waals surface area contributed by atoms with Crippen molar-refractivity contribution in [1.29, 1.82) is 0 Å². The van der Waals surface area contributed by atoms with Crippen LogP contribution in [0.3, 0.4) is 0 Å². The van der Waals surface area contributed by atoms with Gasteiger partial charge in [-0.2, -0.15) is 0 Å². The fourth-order valence-electron chi connectivity index (χ4n) is 2.26. The molecule has 1 amide bonds. The van der Waals surface area contributed by atoms with Crippen molar-refractivity contribution < 1.29 is 14.3 Å². The second-order valence-corrected chi connectivity index (χ2v) is 8.95. The summed E-state index contributed by atoms with van der Waals surface area (Å²) in [4.78, 5) is 16.5. The van der Waals surface area contributed by atoms with Gasteiger partial charge in [0.05, 0.1) is 27.3 Å². The minimum Gasteiger partial charge on any atom is -0.493 e. The van der Waals surface area contributed by atoms with Crippen LogP contribution in [0.15, 0.2) is 18.2 Å². The smallest absolute Gasteiger partial charge is 0.239 e. The molecule has 2 rings (SSSR count).